The van der Waals surface area contributed by atoms with Gasteiger partial charge < -0.3 is 15.1 Å². The summed E-state index contributed by atoms with van der Waals surface area (Å²) in [5.74, 6) is 0.875. The molecule has 1 aromatic carbocycles. The molecule has 5 heteroatoms. The lowest BCUT2D eigenvalue weighted by Crippen LogP contribution is -2.47. The van der Waals surface area contributed by atoms with E-state index in [1.54, 1.807) is 12.3 Å². The minimum absolute atomic E-state index is 0.0129. The molecule has 0 atom stereocenters. The van der Waals surface area contributed by atoms with Gasteiger partial charge in [-0.1, -0.05) is 25.5 Å². The molecule has 3 rings (SSSR count). The summed E-state index contributed by atoms with van der Waals surface area (Å²) in [5, 5.41) is 2.98. The first-order valence-electron chi connectivity index (χ1n) is 9.90. The fourth-order valence-corrected chi connectivity index (χ4v) is 3.47. The molecule has 2 heterocycles. The number of benzene rings is 1. The molecule has 0 unspecified atom stereocenters. The van der Waals surface area contributed by atoms with Crippen molar-refractivity contribution in [2.24, 2.45) is 0 Å². The molecule has 0 radical (unpaired) electrons. The second-order valence-corrected chi connectivity index (χ2v) is 7.21. The number of piperazine rings is 1. The largest absolute Gasteiger partial charge is 0.368 e. The zero-order valence-corrected chi connectivity index (χ0v) is 16.7. The quantitative estimate of drug-likeness (QED) is 0.794. The number of rotatable bonds is 6. The molecule has 2 aromatic rings. The zero-order valence-electron chi connectivity index (χ0n) is 16.7. The molecule has 0 bridgehead atoms. The van der Waals surface area contributed by atoms with E-state index in [9.17, 15) is 4.79 Å². The minimum Gasteiger partial charge on any atom is -0.368 e. The van der Waals surface area contributed by atoms with Gasteiger partial charge in [0.2, 0.25) is 0 Å². The molecule has 0 saturated carbocycles. The van der Waals surface area contributed by atoms with E-state index in [2.05, 4.69) is 59.1 Å². The molecule has 144 valence electrons. The molecule has 1 saturated heterocycles. The highest BCUT2D eigenvalue weighted by molar-refractivity contribution is 5.94. The van der Waals surface area contributed by atoms with Gasteiger partial charge in [-0.05, 0) is 49.6 Å². The van der Waals surface area contributed by atoms with E-state index in [4.69, 9.17) is 0 Å². The van der Waals surface area contributed by atoms with E-state index in [-0.39, 0.29) is 5.91 Å². The number of amides is 1. The number of hydrogen-bond acceptors (Lipinski definition) is 4. The third kappa shape index (κ3) is 4.59. The van der Waals surface area contributed by atoms with Crippen molar-refractivity contribution < 1.29 is 4.79 Å². The number of pyridine rings is 1. The van der Waals surface area contributed by atoms with Crippen LogP contribution in [0.5, 0.6) is 0 Å². The number of aromatic nitrogens is 1. The van der Waals surface area contributed by atoms with Crippen LogP contribution in [-0.2, 0) is 0 Å². The third-order valence-corrected chi connectivity index (χ3v) is 5.34. The van der Waals surface area contributed by atoms with Gasteiger partial charge in [-0.25, -0.2) is 4.98 Å². The summed E-state index contributed by atoms with van der Waals surface area (Å²) in [4.78, 5) is 21.5. The second-order valence-electron chi connectivity index (χ2n) is 7.21. The van der Waals surface area contributed by atoms with Crippen LogP contribution in [0, 0.1) is 13.8 Å². The van der Waals surface area contributed by atoms with E-state index in [1.807, 2.05) is 6.07 Å². The topological polar surface area (TPSA) is 48.5 Å². The lowest BCUT2D eigenvalue weighted by molar-refractivity contribution is 0.0953. The predicted octanol–water partition coefficient (Wildman–Crippen LogP) is 3.55. The van der Waals surface area contributed by atoms with Crippen LogP contribution in [0.3, 0.4) is 0 Å². The standard InChI is InChI=1S/C22H30N4O/c1-4-5-10-24-22(27)19-9-11-23-21(16-19)26-14-12-25(13-15-26)20-8-6-7-17(2)18(20)3/h6-9,11,16H,4-5,10,12-15H2,1-3H3,(H,24,27). The number of unbranched alkanes of at least 4 members (excludes halogenated alkanes) is 1. The SMILES string of the molecule is CCCCNC(=O)c1ccnc(N2CCN(c3cccc(C)c3C)CC2)c1. The Hall–Kier alpha value is -2.56. The van der Waals surface area contributed by atoms with Crippen LogP contribution >= 0.6 is 0 Å². The zero-order chi connectivity index (χ0) is 19.2. The van der Waals surface area contributed by atoms with Crippen molar-refractivity contribution in [1.82, 2.24) is 10.3 Å². The minimum atomic E-state index is -0.0129. The highest BCUT2D eigenvalue weighted by atomic mass is 16.1. The van der Waals surface area contributed by atoms with Crippen LogP contribution in [0.4, 0.5) is 11.5 Å². The van der Waals surface area contributed by atoms with Crippen molar-refractivity contribution in [2.75, 3.05) is 42.5 Å². The van der Waals surface area contributed by atoms with Gasteiger partial charge in [0.05, 0.1) is 0 Å². The highest BCUT2D eigenvalue weighted by Crippen LogP contribution is 2.25. The summed E-state index contributed by atoms with van der Waals surface area (Å²) in [6, 6.07) is 10.2. The van der Waals surface area contributed by atoms with Crippen LogP contribution in [-0.4, -0.2) is 43.6 Å². The Morgan fingerprint density at radius 3 is 2.59 bits per heavy atom. The molecule has 5 nitrogen and oxygen atoms in total. The Labute approximate surface area is 162 Å². The lowest BCUT2D eigenvalue weighted by Gasteiger charge is -2.37. The molecular formula is C22H30N4O. The monoisotopic (exact) mass is 366 g/mol. The van der Waals surface area contributed by atoms with Crippen molar-refractivity contribution in [3.8, 4) is 0 Å². The summed E-state index contributed by atoms with van der Waals surface area (Å²) in [6.45, 7) is 10.9. The van der Waals surface area contributed by atoms with Crippen molar-refractivity contribution in [3.63, 3.8) is 0 Å². The van der Waals surface area contributed by atoms with Gasteiger partial charge in [0.25, 0.3) is 5.91 Å². The Bertz CT molecular complexity index is 782. The van der Waals surface area contributed by atoms with Gasteiger partial charge in [-0.3, -0.25) is 4.79 Å². The Balaban J connectivity index is 1.63. The van der Waals surface area contributed by atoms with Gasteiger partial charge in [-0.15, -0.1) is 0 Å². The van der Waals surface area contributed by atoms with Gasteiger partial charge in [-0.2, -0.15) is 0 Å². The summed E-state index contributed by atoms with van der Waals surface area (Å²) in [6.07, 6.45) is 3.82. The maximum absolute atomic E-state index is 12.3. The van der Waals surface area contributed by atoms with Gasteiger partial charge in [0, 0.05) is 50.2 Å². The molecule has 1 amide bonds. The number of carbonyl (C=O) groups excluding carboxylic acids is 1. The number of aryl methyl sites for hydroxylation is 1. The van der Waals surface area contributed by atoms with Crippen molar-refractivity contribution in [1.29, 1.82) is 0 Å². The van der Waals surface area contributed by atoms with Crippen molar-refractivity contribution >= 4 is 17.4 Å². The van der Waals surface area contributed by atoms with E-state index in [0.29, 0.717) is 5.56 Å². The van der Waals surface area contributed by atoms with Gasteiger partial charge in [0.15, 0.2) is 0 Å². The van der Waals surface area contributed by atoms with Crippen LogP contribution in [0.2, 0.25) is 0 Å². The Morgan fingerprint density at radius 2 is 1.85 bits per heavy atom. The molecule has 0 aliphatic carbocycles. The molecule has 1 N–H and O–H groups in total. The Morgan fingerprint density at radius 1 is 1.11 bits per heavy atom. The number of hydrogen-bond donors (Lipinski definition) is 1. The fourth-order valence-electron chi connectivity index (χ4n) is 3.47. The highest BCUT2D eigenvalue weighted by Gasteiger charge is 2.20. The predicted molar refractivity (Wildman–Crippen MR) is 112 cm³/mol. The average Bonchev–Trinajstić information content (AvgIpc) is 2.70. The molecule has 1 aliphatic rings. The molecule has 1 fully saturated rings. The molecule has 0 spiro atoms. The lowest BCUT2D eigenvalue weighted by atomic mass is 10.1. The fraction of sp³-hybridized carbons (Fsp3) is 0.455. The van der Waals surface area contributed by atoms with Crippen LogP contribution in [0.15, 0.2) is 36.5 Å². The Kier molecular flexibility index (Phi) is 6.32. The first-order chi connectivity index (χ1) is 13.1. The van der Waals surface area contributed by atoms with E-state index >= 15 is 0 Å². The van der Waals surface area contributed by atoms with Gasteiger partial charge >= 0.3 is 0 Å². The average molecular weight is 367 g/mol. The first kappa shape index (κ1) is 19.2. The normalized spacial score (nSPS) is 14.3. The second kappa shape index (κ2) is 8.89. The summed E-state index contributed by atoms with van der Waals surface area (Å²) in [7, 11) is 0. The molecule has 1 aromatic heterocycles. The first-order valence-corrected chi connectivity index (χ1v) is 9.90. The van der Waals surface area contributed by atoms with Crippen molar-refractivity contribution in [3.05, 3.63) is 53.2 Å². The molecular weight excluding hydrogens is 336 g/mol. The van der Waals surface area contributed by atoms with Crippen LogP contribution in [0.1, 0.15) is 41.3 Å². The number of nitrogens with one attached hydrogen (secondary N) is 1. The van der Waals surface area contributed by atoms with Crippen LogP contribution in [0.25, 0.3) is 0 Å². The van der Waals surface area contributed by atoms with Crippen LogP contribution < -0.4 is 15.1 Å². The van der Waals surface area contributed by atoms with E-state index in [1.165, 1.54) is 16.8 Å². The summed E-state index contributed by atoms with van der Waals surface area (Å²) >= 11 is 0. The third-order valence-electron chi connectivity index (χ3n) is 5.34. The molecule has 27 heavy (non-hydrogen) atoms. The van der Waals surface area contributed by atoms with Crippen molar-refractivity contribution in [2.45, 2.75) is 33.6 Å². The maximum Gasteiger partial charge on any atom is 0.251 e. The molecule has 1 aliphatic heterocycles. The number of anilines is 2. The van der Waals surface area contributed by atoms with E-state index < -0.39 is 0 Å². The summed E-state index contributed by atoms with van der Waals surface area (Å²) < 4.78 is 0. The van der Waals surface area contributed by atoms with E-state index in [0.717, 1.165) is 51.4 Å². The number of carbonyl (C=O) groups is 1. The summed E-state index contributed by atoms with van der Waals surface area (Å²) in [5.41, 5.74) is 4.70. The maximum atomic E-state index is 12.3. The van der Waals surface area contributed by atoms with Gasteiger partial charge in [0.1, 0.15) is 5.82 Å². The smallest absolute Gasteiger partial charge is 0.251 e. The number of nitrogens with zero attached hydrogens (tertiary/aromatic N) is 3.